The van der Waals surface area contributed by atoms with Gasteiger partial charge in [0, 0.05) is 9.35 Å². The molecule has 0 amide bonds. The fourth-order valence-electron chi connectivity index (χ4n) is 1.74. The van der Waals surface area contributed by atoms with Crippen LogP contribution in [-0.2, 0) is 0 Å². The van der Waals surface area contributed by atoms with E-state index in [1.807, 2.05) is 24.4 Å². The van der Waals surface area contributed by atoms with Gasteiger partial charge >= 0.3 is 0 Å². The lowest BCUT2D eigenvalue weighted by molar-refractivity contribution is 0.605. The van der Waals surface area contributed by atoms with Gasteiger partial charge in [-0.2, -0.15) is 0 Å². The van der Waals surface area contributed by atoms with Gasteiger partial charge < -0.3 is 0 Å². The predicted octanol–water partition coefficient (Wildman–Crippen LogP) is 3.51. The van der Waals surface area contributed by atoms with Gasteiger partial charge in [0.1, 0.15) is 5.82 Å². The highest BCUT2D eigenvalue weighted by Crippen LogP contribution is 2.28. The van der Waals surface area contributed by atoms with Crippen molar-refractivity contribution in [3.63, 3.8) is 0 Å². The summed E-state index contributed by atoms with van der Waals surface area (Å²) in [6.45, 7) is 2.03. The van der Waals surface area contributed by atoms with Gasteiger partial charge in [-0.05, 0) is 47.7 Å². The van der Waals surface area contributed by atoms with E-state index >= 15 is 0 Å². The lowest BCUT2D eigenvalue weighted by atomic mass is 10.0. The zero-order chi connectivity index (χ0) is 12.4. The Morgan fingerprint density at radius 2 is 2.06 bits per heavy atom. The number of hydrogen-bond donors (Lipinski definition) is 2. The second-order valence-corrected chi connectivity index (χ2v) is 5.82. The molecule has 1 aromatic carbocycles. The number of hydrazine groups is 1. The molecule has 2 aromatic rings. The molecule has 17 heavy (non-hydrogen) atoms. The van der Waals surface area contributed by atoms with Crippen LogP contribution in [0.5, 0.6) is 0 Å². The summed E-state index contributed by atoms with van der Waals surface area (Å²) >= 11 is 4.93. The van der Waals surface area contributed by atoms with Gasteiger partial charge in [-0.1, -0.05) is 15.9 Å². The normalized spacial score (nSPS) is 12.7. The van der Waals surface area contributed by atoms with Crippen LogP contribution in [-0.4, -0.2) is 0 Å². The monoisotopic (exact) mass is 314 g/mol. The van der Waals surface area contributed by atoms with Crippen LogP contribution in [0.1, 0.15) is 22.0 Å². The highest BCUT2D eigenvalue weighted by molar-refractivity contribution is 9.10. The van der Waals surface area contributed by atoms with Crippen LogP contribution in [0.3, 0.4) is 0 Å². The molecule has 0 saturated carbocycles. The van der Waals surface area contributed by atoms with Crippen molar-refractivity contribution < 1.29 is 4.39 Å². The molecule has 0 radical (unpaired) electrons. The highest BCUT2D eigenvalue weighted by Gasteiger charge is 2.15. The third-order valence-electron chi connectivity index (χ3n) is 2.47. The van der Waals surface area contributed by atoms with E-state index in [-0.39, 0.29) is 11.9 Å². The van der Waals surface area contributed by atoms with E-state index in [1.165, 1.54) is 17.0 Å². The van der Waals surface area contributed by atoms with E-state index in [1.54, 1.807) is 11.3 Å². The minimum absolute atomic E-state index is 0.188. The largest absolute Gasteiger partial charge is 0.271 e. The van der Waals surface area contributed by atoms with Crippen molar-refractivity contribution in [3.8, 4) is 0 Å². The molecule has 0 bridgehead atoms. The predicted molar refractivity (Wildman–Crippen MR) is 72.3 cm³/mol. The van der Waals surface area contributed by atoms with Gasteiger partial charge in [0.25, 0.3) is 0 Å². The average molecular weight is 315 g/mol. The maximum Gasteiger partial charge on any atom is 0.124 e. The van der Waals surface area contributed by atoms with Gasteiger partial charge in [0.05, 0.1) is 6.04 Å². The van der Waals surface area contributed by atoms with Crippen LogP contribution in [0, 0.1) is 12.7 Å². The van der Waals surface area contributed by atoms with E-state index in [4.69, 9.17) is 5.84 Å². The van der Waals surface area contributed by atoms with Gasteiger partial charge in [-0.25, -0.2) is 9.82 Å². The quantitative estimate of drug-likeness (QED) is 0.672. The van der Waals surface area contributed by atoms with Crippen molar-refractivity contribution in [1.29, 1.82) is 0 Å². The summed E-state index contributed by atoms with van der Waals surface area (Å²) in [6.07, 6.45) is 0. The summed E-state index contributed by atoms with van der Waals surface area (Å²) in [5, 5.41) is 2.03. The first-order chi connectivity index (χ1) is 8.10. The molecule has 1 atom stereocenters. The third kappa shape index (κ3) is 2.93. The number of nitrogens with two attached hydrogens (primary N) is 1. The molecular weight excluding hydrogens is 303 g/mol. The first-order valence-electron chi connectivity index (χ1n) is 5.07. The molecule has 5 heteroatoms. The molecule has 1 heterocycles. The molecule has 0 fully saturated rings. The molecule has 3 N–H and O–H groups in total. The maximum atomic E-state index is 13.3. The Hall–Kier alpha value is -0.750. The van der Waals surface area contributed by atoms with Crippen LogP contribution >= 0.6 is 27.3 Å². The maximum absolute atomic E-state index is 13.3. The van der Waals surface area contributed by atoms with Crippen LogP contribution < -0.4 is 11.3 Å². The molecule has 0 saturated heterocycles. The molecule has 1 unspecified atom stereocenters. The van der Waals surface area contributed by atoms with Crippen molar-refractivity contribution >= 4 is 27.3 Å². The number of benzene rings is 1. The van der Waals surface area contributed by atoms with Crippen molar-refractivity contribution in [2.75, 3.05) is 0 Å². The molecular formula is C12H12BrFN2S. The SMILES string of the molecule is Cc1cc(C(NN)c2cc(F)cc(Br)c2)cs1. The zero-order valence-electron chi connectivity index (χ0n) is 9.21. The first kappa shape index (κ1) is 12.7. The Kier molecular flexibility index (Phi) is 3.93. The topological polar surface area (TPSA) is 38.0 Å². The summed E-state index contributed by atoms with van der Waals surface area (Å²) in [7, 11) is 0. The molecule has 0 aliphatic rings. The number of thiophene rings is 1. The van der Waals surface area contributed by atoms with E-state index in [0.717, 1.165) is 11.1 Å². The van der Waals surface area contributed by atoms with Gasteiger partial charge in [-0.15, -0.1) is 11.3 Å². The van der Waals surface area contributed by atoms with Gasteiger partial charge in [0.2, 0.25) is 0 Å². The Morgan fingerprint density at radius 1 is 1.29 bits per heavy atom. The lowest BCUT2D eigenvalue weighted by Crippen LogP contribution is -2.28. The number of halogens is 2. The number of rotatable bonds is 3. The van der Waals surface area contributed by atoms with Crippen LogP contribution in [0.25, 0.3) is 0 Å². The summed E-state index contributed by atoms with van der Waals surface area (Å²) in [5.41, 5.74) is 4.57. The zero-order valence-corrected chi connectivity index (χ0v) is 11.6. The molecule has 90 valence electrons. The van der Waals surface area contributed by atoms with Crippen molar-refractivity contribution in [3.05, 3.63) is 55.9 Å². The first-order valence-corrected chi connectivity index (χ1v) is 6.74. The highest BCUT2D eigenvalue weighted by atomic mass is 79.9. The Bertz CT molecular complexity index is 507. The van der Waals surface area contributed by atoms with E-state index in [9.17, 15) is 4.39 Å². The number of nitrogens with one attached hydrogen (secondary N) is 1. The fourth-order valence-corrected chi connectivity index (χ4v) is 2.96. The minimum Gasteiger partial charge on any atom is -0.271 e. The Morgan fingerprint density at radius 3 is 2.59 bits per heavy atom. The summed E-state index contributed by atoms with van der Waals surface area (Å²) in [4.78, 5) is 1.20. The molecule has 2 rings (SSSR count). The molecule has 1 aromatic heterocycles. The van der Waals surface area contributed by atoms with Gasteiger partial charge in [0.15, 0.2) is 0 Å². The number of aryl methyl sites for hydroxylation is 1. The van der Waals surface area contributed by atoms with Crippen molar-refractivity contribution in [2.45, 2.75) is 13.0 Å². The standard InChI is InChI=1S/C12H12BrFN2S/c1-7-2-9(6-17-7)12(16-15)8-3-10(13)5-11(14)4-8/h2-6,12,16H,15H2,1H3. The molecule has 0 spiro atoms. The fraction of sp³-hybridized carbons (Fsp3) is 0.167. The smallest absolute Gasteiger partial charge is 0.124 e. The average Bonchev–Trinajstić information content (AvgIpc) is 2.64. The van der Waals surface area contributed by atoms with Crippen molar-refractivity contribution in [2.24, 2.45) is 5.84 Å². The minimum atomic E-state index is -0.276. The summed E-state index contributed by atoms with van der Waals surface area (Å²) < 4.78 is 14.1. The van der Waals surface area contributed by atoms with E-state index < -0.39 is 0 Å². The summed E-state index contributed by atoms with van der Waals surface area (Å²) in [6, 6.07) is 6.64. The third-order valence-corrected chi connectivity index (χ3v) is 3.81. The van der Waals surface area contributed by atoms with Crippen LogP contribution in [0.4, 0.5) is 4.39 Å². The van der Waals surface area contributed by atoms with Crippen LogP contribution in [0.15, 0.2) is 34.1 Å². The second kappa shape index (κ2) is 5.27. The molecule has 2 nitrogen and oxygen atoms in total. The molecule has 0 aliphatic heterocycles. The van der Waals surface area contributed by atoms with Crippen molar-refractivity contribution in [1.82, 2.24) is 5.43 Å². The Balaban J connectivity index is 2.41. The lowest BCUT2D eigenvalue weighted by Gasteiger charge is -2.15. The molecule has 0 aliphatic carbocycles. The summed E-state index contributed by atoms with van der Waals surface area (Å²) in [5.74, 6) is 5.29. The van der Waals surface area contributed by atoms with E-state index in [0.29, 0.717) is 4.47 Å². The van der Waals surface area contributed by atoms with Gasteiger partial charge in [-0.3, -0.25) is 5.84 Å². The van der Waals surface area contributed by atoms with E-state index in [2.05, 4.69) is 21.4 Å². The second-order valence-electron chi connectivity index (χ2n) is 3.79. The Labute approximate surface area is 112 Å². The van der Waals surface area contributed by atoms with Crippen LogP contribution in [0.2, 0.25) is 0 Å². The number of hydrogen-bond acceptors (Lipinski definition) is 3.